The first kappa shape index (κ1) is 17.6. The van der Waals surface area contributed by atoms with Gasteiger partial charge in [0.25, 0.3) is 0 Å². The molecule has 0 spiro atoms. The third-order valence-corrected chi connectivity index (χ3v) is 4.26. The number of rotatable bonds is 2. The molecule has 0 aliphatic carbocycles. The molecule has 3 rings (SSSR count). The van der Waals surface area contributed by atoms with Gasteiger partial charge in [0.2, 0.25) is 0 Å². The fourth-order valence-electron chi connectivity index (χ4n) is 2.61. The Labute approximate surface area is 151 Å². The second kappa shape index (κ2) is 6.59. The quantitative estimate of drug-likeness (QED) is 0.505. The highest BCUT2D eigenvalue weighted by Crippen LogP contribution is 2.34. The Morgan fingerprint density at radius 3 is 2.28 bits per heavy atom. The largest absolute Gasteiger partial charge is 0.416 e. The van der Waals surface area contributed by atoms with E-state index in [1.165, 1.54) is 19.1 Å². The maximum absolute atomic E-state index is 12.9. The van der Waals surface area contributed by atoms with Gasteiger partial charge in [0.15, 0.2) is 5.82 Å². The maximum atomic E-state index is 12.9. The Morgan fingerprint density at radius 1 is 0.880 bits per heavy atom. The van der Waals surface area contributed by atoms with Crippen molar-refractivity contribution in [2.45, 2.75) is 20.0 Å². The van der Waals surface area contributed by atoms with E-state index < -0.39 is 11.7 Å². The monoisotopic (exact) mass is 406 g/mol. The zero-order chi connectivity index (χ0) is 18.2. The Kier molecular flexibility index (Phi) is 4.64. The number of hydrogen-bond donors (Lipinski definition) is 0. The Morgan fingerprint density at radius 2 is 1.64 bits per heavy atom. The summed E-state index contributed by atoms with van der Waals surface area (Å²) >= 11 is 3.42. The van der Waals surface area contributed by atoms with Gasteiger partial charge in [-0.2, -0.15) is 13.2 Å². The standard InChI is InChI=1S/C19H14BrF3N2/c1-11-8-13(6-7-16(11)19(21,22)23)17-9-12(2)24-18(25-17)14-4-3-5-15(20)10-14/h3-10H,1-2H3. The molecule has 0 N–H and O–H groups in total. The minimum atomic E-state index is -4.36. The van der Waals surface area contributed by atoms with Gasteiger partial charge >= 0.3 is 6.18 Å². The first-order chi connectivity index (χ1) is 11.7. The number of halogens is 4. The van der Waals surface area contributed by atoms with Crippen LogP contribution < -0.4 is 0 Å². The molecule has 0 saturated carbocycles. The van der Waals surface area contributed by atoms with Crippen molar-refractivity contribution in [3.05, 3.63) is 69.8 Å². The van der Waals surface area contributed by atoms with Crippen molar-refractivity contribution in [2.24, 2.45) is 0 Å². The second-order valence-electron chi connectivity index (χ2n) is 5.76. The van der Waals surface area contributed by atoms with Crippen LogP contribution in [0.1, 0.15) is 16.8 Å². The normalized spacial score (nSPS) is 11.6. The number of alkyl halides is 3. The lowest BCUT2D eigenvalue weighted by Gasteiger charge is -2.12. The maximum Gasteiger partial charge on any atom is 0.416 e. The van der Waals surface area contributed by atoms with Gasteiger partial charge in [-0.25, -0.2) is 9.97 Å². The Bertz CT molecular complexity index is 936. The first-order valence-electron chi connectivity index (χ1n) is 7.54. The number of hydrogen-bond acceptors (Lipinski definition) is 2. The summed E-state index contributed by atoms with van der Waals surface area (Å²) in [6.07, 6.45) is -4.36. The van der Waals surface area contributed by atoms with Crippen LogP contribution in [-0.2, 0) is 6.18 Å². The summed E-state index contributed by atoms with van der Waals surface area (Å²) in [5.41, 5.74) is 2.35. The SMILES string of the molecule is Cc1cc(-c2ccc(C(F)(F)F)c(C)c2)nc(-c2cccc(Br)c2)n1. The summed E-state index contributed by atoms with van der Waals surface area (Å²) < 4.78 is 39.7. The highest BCUT2D eigenvalue weighted by atomic mass is 79.9. The van der Waals surface area contributed by atoms with E-state index in [9.17, 15) is 13.2 Å². The lowest BCUT2D eigenvalue weighted by Crippen LogP contribution is -2.07. The molecule has 128 valence electrons. The predicted molar refractivity (Wildman–Crippen MR) is 95.1 cm³/mol. The van der Waals surface area contributed by atoms with E-state index in [0.717, 1.165) is 21.8 Å². The van der Waals surface area contributed by atoms with Crippen molar-refractivity contribution in [3.63, 3.8) is 0 Å². The summed E-state index contributed by atoms with van der Waals surface area (Å²) in [6.45, 7) is 3.29. The van der Waals surface area contributed by atoms with E-state index in [1.807, 2.05) is 31.2 Å². The average Bonchev–Trinajstić information content (AvgIpc) is 2.53. The molecule has 6 heteroatoms. The van der Waals surface area contributed by atoms with Crippen LogP contribution in [0.25, 0.3) is 22.6 Å². The summed E-state index contributed by atoms with van der Waals surface area (Å²) in [5, 5.41) is 0. The molecule has 1 heterocycles. The highest BCUT2D eigenvalue weighted by Gasteiger charge is 2.32. The van der Waals surface area contributed by atoms with Crippen LogP contribution >= 0.6 is 15.9 Å². The van der Waals surface area contributed by atoms with Crippen LogP contribution in [0.3, 0.4) is 0 Å². The molecule has 0 unspecified atom stereocenters. The summed E-state index contributed by atoms with van der Waals surface area (Å²) in [7, 11) is 0. The van der Waals surface area contributed by atoms with Crippen LogP contribution in [0.2, 0.25) is 0 Å². The third kappa shape index (κ3) is 3.90. The smallest absolute Gasteiger partial charge is 0.233 e. The molecular formula is C19H14BrF3N2. The molecule has 25 heavy (non-hydrogen) atoms. The molecule has 0 aliphatic rings. The van der Waals surface area contributed by atoms with Gasteiger partial charge in [-0.3, -0.25) is 0 Å². The topological polar surface area (TPSA) is 25.8 Å². The van der Waals surface area contributed by atoms with E-state index in [1.54, 1.807) is 6.07 Å². The molecule has 0 fully saturated rings. The van der Waals surface area contributed by atoms with Crippen LogP contribution in [-0.4, -0.2) is 9.97 Å². The lowest BCUT2D eigenvalue weighted by molar-refractivity contribution is -0.138. The van der Waals surface area contributed by atoms with Crippen LogP contribution in [0.15, 0.2) is 53.0 Å². The minimum absolute atomic E-state index is 0.172. The summed E-state index contributed by atoms with van der Waals surface area (Å²) in [4.78, 5) is 8.97. The molecule has 0 aliphatic heterocycles. The molecule has 0 amide bonds. The first-order valence-corrected chi connectivity index (χ1v) is 8.33. The highest BCUT2D eigenvalue weighted by molar-refractivity contribution is 9.10. The van der Waals surface area contributed by atoms with Gasteiger partial charge in [-0.1, -0.05) is 34.1 Å². The third-order valence-electron chi connectivity index (χ3n) is 3.76. The molecule has 2 aromatic carbocycles. The Balaban J connectivity index is 2.08. The van der Waals surface area contributed by atoms with Crippen molar-refractivity contribution in [1.29, 1.82) is 0 Å². The minimum Gasteiger partial charge on any atom is -0.233 e. The van der Waals surface area contributed by atoms with Gasteiger partial charge < -0.3 is 0 Å². The lowest BCUT2D eigenvalue weighted by atomic mass is 10.0. The van der Waals surface area contributed by atoms with Gasteiger partial charge in [-0.05, 0) is 49.7 Å². The summed E-state index contributed by atoms with van der Waals surface area (Å²) in [6, 6.07) is 13.4. The number of benzene rings is 2. The zero-order valence-corrected chi connectivity index (χ0v) is 15.1. The molecule has 3 aromatic rings. The van der Waals surface area contributed by atoms with E-state index in [-0.39, 0.29) is 5.56 Å². The molecule has 0 bridgehead atoms. The van der Waals surface area contributed by atoms with Crippen molar-refractivity contribution in [1.82, 2.24) is 9.97 Å². The molecular weight excluding hydrogens is 393 g/mol. The van der Waals surface area contributed by atoms with E-state index >= 15 is 0 Å². The molecule has 2 nitrogen and oxygen atoms in total. The van der Waals surface area contributed by atoms with E-state index in [2.05, 4.69) is 25.9 Å². The Hall–Kier alpha value is -2.21. The van der Waals surface area contributed by atoms with Crippen molar-refractivity contribution < 1.29 is 13.2 Å². The van der Waals surface area contributed by atoms with Gasteiger partial charge in [0.05, 0.1) is 11.3 Å². The number of aromatic nitrogens is 2. The second-order valence-corrected chi connectivity index (χ2v) is 6.67. The average molecular weight is 407 g/mol. The van der Waals surface area contributed by atoms with Crippen LogP contribution in [0.5, 0.6) is 0 Å². The number of aryl methyl sites for hydroxylation is 2. The molecule has 0 atom stereocenters. The van der Waals surface area contributed by atoms with Crippen molar-refractivity contribution in [3.8, 4) is 22.6 Å². The number of nitrogens with zero attached hydrogens (tertiary/aromatic N) is 2. The van der Waals surface area contributed by atoms with E-state index in [4.69, 9.17) is 0 Å². The van der Waals surface area contributed by atoms with Crippen LogP contribution in [0, 0.1) is 13.8 Å². The fraction of sp³-hybridized carbons (Fsp3) is 0.158. The summed E-state index contributed by atoms with van der Waals surface area (Å²) in [5.74, 6) is 0.536. The molecule has 0 radical (unpaired) electrons. The van der Waals surface area contributed by atoms with Gasteiger partial charge in [0, 0.05) is 21.3 Å². The zero-order valence-electron chi connectivity index (χ0n) is 13.5. The molecule has 0 saturated heterocycles. The fourth-order valence-corrected chi connectivity index (χ4v) is 3.01. The van der Waals surface area contributed by atoms with E-state index in [0.29, 0.717) is 17.1 Å². The van der Waals surface area contributed by atoms with Gasteiger partial charge in [0.1, 0.15) is 0 Å². The van der Waals surface area contributed by atoms with Gasteiger partial charge in [-0.15, -0.1) is 0 Å². The van der Waals surface area contributed by atoms with Crippen molar-refractivity contribution in [2.75, 3.05) is 0 Å². The molecule has 1 aromatic heterocycles. The van der Waals surface area contributed by atoms with Crippen molar-refractivity contribution >= 4 is 15.9 Å². The predicted octanol–water partition coefficient (Wildman–Crippen LogP) is 6.21. The van der Waals surface area contributed by atoms with Crippen LogP contribution in [0.4, 0.5) is 13.2 Å².